The van der Waals surface area contributed by atoms with E-state index in [1.54, 1.807) is 0 Å². The molecule has 0 unspecified atom stereocenters. The minimum atomic E-state index is 0.101. The van der Waals surface area contributed by atoms with Gasteiger partial charge in [-0.1, -0.05) is 0 Å². The lowest BCUT2D eigenvalue weighted by Gasteiger charge is -2.13. The number of rotatable bonds is 0. The molecule has 0 aromatic carbocycles. The average molecular weight is 129 g/mol. The first kappa shape index (κ1) is 8.47. The Morgan fingerprint density at radius 2 is 1.56 bits per heavy atom. The van der Waals surface area contributed by atoms with Crippen molar-refractivity contribution in [2.45, 2.75) is 20.8 Å². The van der Waals surface area contributed by atoms with Crippen molar-refractivity contribution in [1.82, 2.24) is 0 Å². The third-order valence-electron chi connectivity index (χ3n) is 1.25. The van der Waals surface area contributed by atoms with E-state index in [0.29, 0.717) is 0 Å². The molecule has 0 aliphatic carbocycles. The van der Waals surface area contributed by atoms with Crippen molar-refractivity contribution in [2.24, 2.45) is 11.1 Å². The lowest BCUT2D eigenvalue weighted by atomic mass is 9.95. The average Bonchev–Trinajstić information content (AvgIpc) is 1.62. The molecular weight excluding hydrogens is 112 g/mol. The Morgan fingerprint density at radius 3 is 1.56 bits per heavy atom. The minimum absolute atomic E-state index is 0.101. The van der Waals surface area contributed by atoms with Gasteiger partial charge in [-0.05, 0) is 20.8 Å². The van der Waals surface area contributed by atoms with Crippen molar-refractivity contribution < 1.29 is 4.58 Å². The summed E-state index contributed by atoms with van der Waals surface area (Å²) in [5.41, 5.74) is 5.84. The van der Waals surface area contributed by atoms with Gasteiger partial charge in [0.15, 0.2) is 0 Å². The predicted molar refractivity (Wildman–Crippen MR) is 40.8 cm³/mol. The van der Waals surface area contributed by atoms with E-state index in [4.69, 9.17) is 5.73 Å². The van der Waals surface area contributed by atoms with E-state index in [1.165, 1.54) is 0 Å². The maximum absolute atomic E-state index is 5.74. The van der Waals surface area contributed by atoms with Crippen molar-refractivity contribution >= 4 is 5.84 Å². The van der Waals surface area contributed by atoms with Crippen LogP contribution in [0.1, 0.15) is 20.8 Å². The molecule has 0 aromatic heterocycles. The van der Waals surface area contributed by atoms with E-state index in [-0.39, 0.29) is 5.41 Å². The van der Waals surface area contributed by atoms with Gasteiger partial charge in [-0.3, -0.25) is 10.3 Å². The van der Waals surface area contributed by atoms with Gasteiger partial charge in [-0.2, -0.15) is 0 Å². The maximum Gasteiger partial charge on any atom is 0.247 e. The summed E-state index contributed by atoms with van der Waals surface area (Å²) in [5, 5.41) is 0. The van der Waals surface area contributed by atoms with E-state index in [1.807, 2.05) is 18.7 Å². The van der Waals surface area contributed by atoms with Gasteiger partial charge in [0.05, 0.1) is 19.5 Å². The lowest BCUT2D eigenvalue weighted by molar-refractivity contribution is -0.469. The first-order valence-corrected chi connectivity index (χ1v) is 3.16. The van der Waals surface area contributed by atoms with Crippen LogP contribution in [0.4, 0.5) is 0 Å². The van der Waals surface area contributed by atoms with E-state index < -0.39 is 0 Å². The smallest absolute Gasteiger partial charge is 0.247 e. The van der Waals surface area contributed by atoms with Crippen LogP contribution in [0, 0.1) is 5.41 Å². The summed E-state index contributed by atoms with van der Waals surface area (Å²) in [6, 6.07) is 0. The van der Waals surface area contributed by atoms with Crippen LogP contribution in [-0.4, -0.2) is 24.5 Å². The Morgan fingerprint density at radius 1 is 1.22 bits per heavy atom. The number of nitrogens with zero attached hydrogens (tertiary/aromatic N) is 1. The normalized spacial score (nSPS) is 11.2. The van der Waals surface area contributed by atoms with E-state index in [0.717, 1.165) is 5.84 Å². The van der Waals surface area contributed by atoms with E-state index in [2.05, 4.69) is 20.8 Å². The SMILES string of the molecule is C[N+](C)=C(N)C(C)(C)C. The topological polar surface area (TPSA) is 29.0 Å². The van der Waals surface area contributed by atoms with Crippen LogP contribution >= 0.6 is 0 Å². The fraction of sp³-hybridized carbons (Fsp3) is 0.857. The van der Waals surface area contributed by atoms with Crippen LogP contribution in [0.3, 0.4) is 0 Å². The van der Waals surface area contributed by atoms with Gasteiger partial charge in [-0.15, -0.1) is 0 Å². The summed E-state index contributed by atoms with van der Waals surface area (Å²) in [6.07, 6.45) is 0. The molecule has 0 spiro atoms. The molecular formula is C7H17N2+. The predicted octanol–water partition coefficient (Wildman–Crippen LogP) is 0.662. The summed E-state index contributed by atoms with van der Waals surface area (Å²) < 4.78 is 1.94. The fourth-order valence-electron chi connectivity index (χ4n) is 0.671. The minimum Gasteiger partial charge on any atom is -0.291 e. The standard InChI is InChI=1S/C7H16N2/c1-7(2,3)6(8)9(4)5/h8H,1-5H3/p+1. The second kappa shape index (κ2) is 2.38. The molecule has 0 amide bonds. The molecule has 0 atom stereocenters. The monoisotopic (exact) mass is 129 g/mol. The van der Waals surface area contributed by atoms with Crippen LogP contribution in [0.2, 0.25) is 0 Å². The van der Waals surface area contributed by atoms with Gasteiger partial charge in [-0.25, -0.2) is 0 Å². The molecule has 0 bridgehead atoms. The zero-order valence-electron chi connectivity index (χ0n) is 7.02. The van der Waals surface area contributed by atoms with Gasteiger partial charge >= 0.3 is 0 Å². The van der Waals surface area contributed by atoms with Crippen LogP contribution in [-0.2, 0) is 0 Å². The van der Waals surface area contributed by atoms with Crippen LogP contribution in [0.5, 0.6) is 0 Å². The molecule has 2 heteroatoms. The van der Waals surface area contributed by atoms with Crippen molar-refractivity contribution in [3.05, 3.63) is 0 Å². The van der Waals surface area contributed by atoms with Gasteiger partial charge in [0, 0.05) is 0 Å². The molecule has 0 rings (SSSR count). The molecule has 0 fully saturated rings. The molecule has 0 radical (unpaired) electrons. The van der Waals surface area contributed by atoms with Crippen LogP contribution in [0.15, 0.2) is 0 Å². The molecule has 0 aliphatic heterocycles. The van der Waals surface area contributed by atoms with Crippen molar-refractivity contribution in [1.29, 1.82) is 0 Å². The molecule has 0 aromatic rings. The first-order chi connectivity index (χ1) is 3.85. The molecule has 0 saturated carbocycles. The molecule has 9 heavy (non-hydrogen) atoms. The molecule has 2 N–H and O–H groups in total. The van der Waals surface area contributed by atoms with Crippen LogP contribution < -0.4 is 5.73 Å². The van der Waals surface area contributed by atoms with Gasteiger partial charge < -0.3 is 0 Å². The van der Waals surface area contributed by atoms with Gasteiger partial charge in [0.2, 0.25) is 5.84 Å². The van der Waals surface area contributed by atoms with Crippen molar-refractivity contribution in [2.75, 3.05) is 14.1 Å². The molecule has 0 saturated heterocycles. The highest BCUT2D eigenvalue weighted by atomic mass is 15.0. The summed E-state index contributed by atoms with van der Waals surface area (Å²) >= 11 is 0. The number of hydrogen-bond acceptors (Lipinski definition) is 0. The fourth-order valence-corrected chi connectivity index (χ4v) is 0.671. The third kappa shape index (κ3) is 2.49. The summed E-state index contributed by atoms with van der Waals surface area (Å²) in [5.74, 6) is 0.919. The van der Waals surface area contributed by atoms with Gasteiger partial charge in [0.1, 0.15) is 0 Å². The van der Waals surface area contributed by atoms with Crippen molar-refractivity contribution in [3.8, 4) is 0 Å². The van der Waals surface area contributed by atoms with E-state index in [9.17, 15) is 0 Å². The van der Waals surface area contributed by atoms with Gasteiger partial charge in [0.25, 0.3) is 0 Å². The second-order valence-corrected chi connectivity index (χ2v) is 3.53. The zero-order valence-corrected chi connectivity index (χ0v) is 7.02. The Hall–Kier alpha value is -0.530. The molecule has 2 nitrogen and oxygen atoms in total. The highest BCUT2D eigenvalue weighted by Gasteiger charge is 2.21. The molecule has 0 aliphatic rings. The lowest BCUT2D eigenvalue weighted by Crippen LogP contribution is -2.35. The summed E-state index contributed by atoms with van der Waals surface area (Å²) in [6.45, 7) is 6.30. The third-order valence-corrected chi connectivity index (χ3v) is 1.25. The number of amidine groups is 1. The highest BCUT2D eigenvalue weighted by molar-refractivity contribution is 5.80. The Bertz CT molecular complexity index is 124. The zero-order chi connectivity index (χ0) is 7.65. The second-order valence-electron chi connectivity index (χ2n) is 3.53. The Balaban J connectivity index is 4.40. The summed E-state index contributed by atoms with van der Waals surface area (Å²) in [4.78, 5) is 0. The number of hydrogen-bond donors (Lipinski definition) is 1. The summed E-state index contributed by atoms with van der Waals surface area (Å²) in [7, 11) is 3.92. The molecule has 0 heterocycles. The number of nitrogens with two attached hydrogens (primary N) is 1. The van der Waals surface area contributed by atoms with E-state index >= 15 is 0 Å². The quantitative estimate of drug-likeness (QED) is 0.290. The highest BCUT2D eigenvalue weighted by Crippen LogP contribution is 2.11. The van der Waals surface area contributed by atoms with Crippen LogP contribution in [0.25, 0.3) is 0 Å². The largest absolute Gasteiger partial charge is 0.291 e. The Labute approximate surface area is 57.4 Å². The maximum atomic E-state index is 5.74. The first-order valence-electron chi connectivity index (χ1n) is 3.16. The Kier molecular flexibility index (Phi) is 2.24. The molecule has 54 valence electrons. The van der Waals surface area contributed by atoms with Crippen molar-refractivity contribution in [3.63, 3.8) is 0 Å².